The minimum absolute atomic E-state index is 0.261. The maximum absolute atomic E-state index is 11.6. The summed E-state index contributed by atoms with van der Waals surface area (Å²) in [6.45, 7) is 1.87. The molecule has 0 heterocycles. The van der Waals surface area contributed by atoms with Crippen LogP contribution in [0.2, 0.25) is 0 Å². The number of nitrogens with one attached hydrogen (secondary N) is 1. The number of halogens is 2. The third-order valence-corrected chi connectivity index (χ3v) is 1.72. The van der Waals surface area contributed by atoms with Gasteiger partial charge in [0.15, 0.2) is 0 Å². The van der Waals surface area contributed by atoms with Crippen LogP contribution < -0.4 is 11.1 Å². The zero-order valence-corrected chi connectivity index (χ0v) is 7.72. The molecule has 1 amide bonds. The van der Waals surface area contributed by atoms with Crippen LogP contribution in [-0.2, 0) is 4.79 Å². The maximum atomic E-state index is 11.6. The average molecular weight is 194 g/mol. The molecule has 78 valence electrons. The van der Waals surface area contributed by atoms with Gasteiger partial charge in [-0.05, 0) is 18.9 Å². The van der Waals surface area contributed by atoms with E-state index in [1.165, 1.54) is 0 Å². The van der Waals surface area contributed by atoms with Gasteiger partial charge >= 0.3 is 0 Å². The summed E-state index contributed by atoms with van der Waals surface area (Å²) in [5.41, 5.74) is 5.33. The molecular weight excluding hydrogens is 178 g/mol. The Morgan fingerprint density at radius 1 is 1.54 bits per heavy atom. The van der Waals surface area contributed by atoms with E-state index < -0.39 is 13.0 Å². The smallest absolute Gasteiger partial charge is 0.255 e. The van der Waals surface area contributed by atoms with Crippen LogP contribution in [0.25, 0.3) is 0 Å². The molecule has 0 spiro atoms. The summed E-state index contributed by atoms with van der Waals surface area (Å²) in [4.78, 5) is 10.9. The number of carbonyl (C=O) groups is 1. The van der Waals surface area contributed by atoms with E-state index in [1.54, 1.807) is 0 Å². The van der Waals surface area contributed by atoms with E-state index in [0.29, 0.717) is 13.0 Å². The van der Waals surface area contributed by atoms with Gasteiger partial charge in [0.25, 0.3) is 6.43 Å². The minimum Gasteiger partial charge on any atom is -0.350 e. The summed E-state index contributed by atoms with van der Waals surface area (Å²) in [5, 5.41) is 2.13. The Morgan fingerprint density at radius 2 is 2.15 bits per heavy atom. The van der Waals surface area contributed by atoms with Gasteiger partial charge in [0, 0.05) is 6.42 Å². The van der Waals surface area contributed by atoms with E-state index in [9.17, 15) is 13.6 Å². The molecule has 3 nitrogen and oxygen atoms in total. The lowest BCUT2D eigenvalue weighted by atomic mass is 10.1. The van der Waals surface area contributed by atoms with Crippen LogP contribution in [0.3, 0.4) is 0 Å². The van der Waals surface area contributed by atoms with Gasteiger partial charge in [-0.1, -0.05) is 6.92 Å². The largest absolute Gasteiger partial charge is 0.350 e. The van der Waals surface area contributed by atoms with Gasteiger partial charge in [-0.15, -0.1) is 0 Å². The Bertz CT molecular complexity index is 153. The summed E-state index contributed by atoms with van der Waals surface area (Å²) in [7, 11) is 0. The van der Waals surface area contributed by atoms with Crippen LogP contribution in [0.15, 0.2) is 0 Å². The summed E-state index contributed by atoms with van der Waals surface area (Å²) in [5.74, 6) is -0.0714. The van der Waals surface area contributed by atoms with Crippen molar-refractivity contribution in [1.29, 1.82) is 0 Å². The topological polar surface area (TPSA) is 55.1 Å². The highest BCUT2D eigenvalue weighted by Gasteiger charge is 2.07. The quantitative estimate of drug-likeness (QED) is 0.655. The van der Waals surface area contributed by atoms with Crippen molar-refractivity contribution in [2.75, 3.05) is 13.1 Å². The van der Waals surface area contributed by atoms with E-state index >= 15 is 0 Å². The van der Waals surface area contributed by atoms with Crippen molar-refractivity contribution < 1.29 is 13.6 Å². The Kier molecular flexibility index (Phi) is 6.40. The third kappa shape index (κ3) is 7.64. The average Bonchev–Trinajstić information content (AvgIpc) is 2.10. The molecule has 0 aliphatic heterocycles. The summed E-state index contributed by atoms with van der Waals surface area (Å²) in [6.07, 6.45) is -1.56. The minimum atomic E-state index is -2.48. The first kappa shape index (κ1) is 12.3. The van der Waals surface area contributed by atoms with E-state index in [4.69, 9.17) is 5.73 Å². The van der Waals surface area contributed by atoms with Crippen molar-refractivity contribution >= 4 is 5.91 Å². The van der Waals surface area contributed by atoms with Crippen molar-refractivity contribution in [2.24, 2.45) is 11.7 Å². The lowest BCUT2D eigenvalue weighted by molar-refractivity contribution is -0.122. The normalized spacial score (nSPS) is 13.0. The Hall–Kier alpha value is -0.710. The van der Waals surface area contributed by atoms with Crippen LogP contribution in [0.4, 0.5) is 8.78 Å². The molecule has 0 bridgehead atoms. The highest BCUT2D eigenvalue weighted by Crippen LogP contribution is 2.02. The van der Waals surface area contributed by atoms with Gasteiger partial charge in [-0.2, -0.15) is 0 Å². The van der Waals surface area contributed by atoms with Crippen LogP contribution in [0.5, 0.6) is 0 Å². The molecule has 5 heteroatoms. The van der Waals surface area contributed by atoms with Crippen LogP contribution in [0, 0.1) is 5.92 Å². The second-order valence-corrected chi connectivity index (χ2v) is 3.07. The third-order valence-electron chi connectivity index (χ3n) is 1.72. The zero-order valence-electron chi connectivity index (χ0n) is 7.72. The van der Waals surface area contributed by atoms with E-state index in [0.717, 1.165) is 0 Å². The molecule has 1 unspecified atom stereocenters. The first-order valence-electron chi connectivity index (χ1n) is 4.31. The number of hydrogen-bond donors (Lipinski definition) is 2. The lowest BCUT2D eigenvalue weighted by Crippen LogP contribution is -2.28. The standard InChI is InChI=1S/C8H16F2N2O/c1-6(4-11)2-3-8(13)12-5-7(9)10/h6-7H,2-5,11H2,1H3,(H,12,13). The first-order valence-corrected chi connectivity index (χ1v) is 4.31. The number of carbonyl (C=O) groups excluding carboxylic acids is 1. The molecule has 0 saturated carbocycles. The number of hydrogen-bond acceptors (Lipinski definition) is 2. The number of amides is 1. The SMILES string of the molecule is CC(CN)CCC(=O)NCC(F)F. The molecule has 0 radical (unpaired) electrons. The zero-order chi connectivity index (χ0) is 10.3. The van der Waals surface area contributed by atoms with Gasteiger partial charge in [0.1, 0.15) is 0 Å². The van der Waals surface area contributed by atoms with Gasteiger partial charge in [-0.3, -0.25) is 4.79 Å². The predicted molar refractivity (Wildman–Crippen MR) is 46.5 cm³/mol. The monoisotopic (exact) mass is 194 g/mol. The molecule has 0 aromatic rings. The lowest BCUT2D eigenvalue weighted by Gasteiger charge is -2.07. The molecule has 3 N–H and O–H groups in total. The molecular formula is C8H16F2N2O. The highest BCUT2D eigenvalue weighted by atomic mass is 19.3. The van der Waals surface area contributed by atoms with Crippen molar-refractivity contribution in [1.82, 2.24) is 5.32 Å². The van der Waals surface area contributed by atoms with Crippen LogP contribution >= 0.6 is 0 Å². The van der Waals surface area contributed by atoms with Crippen molar-refractivity contribution in [2.45, 2.75) is 26.2 Å². The van der Waals surface area contributed by atoms with Gasteiger partial charge < -0.3 is 11.1 Å². The van der Waals surface area contributed by atoms with Crippen molar-refractivity contribution in [3.05, 3.63) is 0 Å². The molecule has 0 aliphatic carbocycles. The molecule has 0 saturated heterocycles. The van der Waals surface area contributed by atoms with Crippen LogP contribution in [-0.4, -0.2) is 25.4 Å². The molecule has 0 fully saturated rings. The molecule has 0 rings (SSSR count). The van der Waals surface area contributed by atoms with E-state index in [2.05, 4.69) is 5.32 Å². The molecule has 1 atom stereocenters. The second-order valence-electron chi connectivity index (χ2n) is 3.07. The second kappa shape index (κ2) is 6.77. The fraction of sp³-hybridized carbons (Fsp3) is 0.875. The summed E-state index contributed by atoms with van der Waals surface area (Å²) in [6, 6.07) is 0. The molecule has 0 aromatic carbocycles. The fourth-order valence-corrected chi connectivity index (χ4v) is 0.775. The Balaban J connectivity index is 3.40. The van der Waals surface area contributed by atoms with Crippen LogP contribution in [0.1, 0.15) is 19.8 Å². The fourth-order valence-electron chi connectivity index (χ4n) is 0.775. The van der Waals surface area contributed by atoms with Gasteiger partial charge in [0.2, 0.25) is 5.91 Å². The van der Waals surface area contributed by atoms with Crippen molar-refractivity contribution in [3.8, 4) is 0 Å². The molecule has 13 heavy (non-hydrogen) atoms. The number of nitrogens with two attached hydrogens (primary N) is 1. The first-order chi connectivity index (χ1) is 6.06. The Morgan fingerprint density at radius 3 is 2.62 bits per heavy atom. The van der Waals surface area contributed by atoms with E-state index in [-0.39, 0.29) is 18.2 Å². The van der Waals surface area contributed by atoms with E-state index in [1.807, 2.05) is 6.92 Å². The van der Waals surface area contributed by atoms with Gasteiger partial charge in [0.05, 0.1) is 6.54 Å². The molecule has 0 aromatic heterocycles. The summed E-state index contributed by atoms with van der Waals surface area (Å²) >= 11 is 0. The predicted octanol–water partition coefficient (Wildman–Crippen LogP) is 0.743. The Labute approximate surface area is 76.7 Å². The van der Waals surface area contributed by atoms with Crippen molar-refractivity contribution in [3.63, 3.8) is 0 Å². The molecule has 0 aliphatic rings. The summed E-state index contributed by atoms with van der Waals surface area (Å²) < 4.78 is 23.3. The van der Waals surface area contributed by atoms with Gasteiger partial charge in [-0.25, -0.2) is 8.78 Å². The maximum Gasteiger partial charge on any atom is 0.255 e. The number of alkyl halides is 2. The number of rotatable bonds is 6. The highest BCUT2D eigenvalue weighted by molar-refractivity contribution is 5.75.